The van der Waals surface area contributed by atoms with Crippen molar-refractivity contribution in [2.24, 2.45) is 0 Å². The summed E-state index contributed by atoms with van der Waals surface area (Å²) in [6.45, 7) is 1.98. The van der Waals surface area contributed by atoms with E-state index in [1.807, 2.05) is 31.2 Å². The Morgan fingerprint density at radius 3 is 2.59 bits per heavy atom. The van der Waals surface area contributed by atoms with E-state index in [2.05, 4.69) is 5.32 Å². The van der Waals surface area contributed by atoms with Crippen LogP contribution >= 0.6 is 11.8 Å². The van der Waals surface area contributed by atoms with Crippen LogP contribution in [0, 0.1) is 6.92 Å². The number of rotatable bonds is 2. The predicted octanol–water partition coefficient (Wildman–Crippen LogP) is 1.35. The highest BCUT2D eigenvalue weighted by atomic mass is 32.2. The molecule has 2 rings (SSSR count). The Kier molecular flexibility index (Phi) is 3.38. The smallest absolute Gasteiger partial charge is 0.327 e. The number of carbonyl (C=O) groups is 2. The number of hydrogen-bond donors (Lipinski definition) is 2. The third kappa shape index (κ3) is 2.61. The maximum atomic E-state index is 11.8. The van der Waals surface area contributed by atoms with Crippen LogP contribution in [-0.4, -0.2) is 28.8 Å². The molecule has 1 saturated heterocycles. The van der Waals surface area contributed by atoms with Gasteiger partial charge in [-0.3, -0.25) is 4.79 Å². The van der Waals surface area contributed by atoms with Crippen LogP contribution < -0.4 is 5.32 Å². The van der Waals surface area contributed by atoms with Gasteiger partial charge in [-0.15, -0.1) is 11.8 Å². The summed E-state index contributed by atoms with van der Waals surface area (Å²) >= 11 is 1.37. The zero-order chi connectivity index (χ0) is 12.4. The molecular weight excluding hydrogens is 238 g/mol. The summed E-state index contributed by atoms with van der Waals surface area (Å²) in [7, 11) is 0. The van der Waals surface area contributed by atoms with E-state index in [0.717, 1.165) is 11.1 Å². The minimum Gasteiger partial charge on any atom is -0.480 e. The number of amides is 1. The first-order valence-corrected chi connectivity index (χ1v) is 6.34. The molecule has 2 atom stereocenters. The largest absolute Gasteiger partial charge is 0.480 e. The Balaban J connectivity index is 2.12. The highest BCUT2D eigenvalue weighted by molar-refractivity contribution is 8.00. The molecule has 0 bridgehead atoms. The van der Waals surface area contributed by atoms with Crippen molar-refractivity contribution in [3.63, 3.8) is 0 Å². The van der Waals surface area contributed by atoms with E-state index in [1.54, 1.807) is 0 Å². The second kappa shape index (κ2) is 4.79. The van der Waals surface area contributed by atoms with E-state index in [9.17, 15) is 9.59 Å². The van der Waals surface area contributed by atoms with Crippen LogP contribution in [-0.2, 0) is 9.59 Å². The average Bonchev–Trinajstić information content (AvgIpc) is 2.30. The summed E-state index contributed by atoms with van der Waals surface area (Å²) in [6, 6.07) is 6.95. The number of aliphatic carboxylic acids is 1. The summed E-state index contributed by atoms with van der Waals surface area (Å²) < 4.78 is 0. The molecule has 17 heavy (non-hydrogen) atoms. The van der Waals surface area contributed by atoms with Gasteiger partial charge in [-0.2, -0.15) is 0 Å². The van der Waals surface area contributed by atoms with Crippen molar-refractivity contribution >= 4 is 23.6 Å². The molecule has 2 N–H and O–H groups in total. The fourth-order valence-electron chi connectivity index (χ4n) is 1.68. The van der Waals surface area contributed by atoms with Crippen LogP contribution in [0.25, 0.3) is 0 Å². The topological polar surface area (TPSA) is 66.4 Å². The van der Waals surface area contributed by atoms with E-state index in [-0.39, 0.29) is 11.2 Å². The zero-order valence-corrected chi connectivity index (χ0v) is 10.2. The Bertz CT molecular complexity index is 444. The van der Waals surface area contributed by atoms with Gasteiger partial charge in [0.2, 0.25) is 5.91 Å². The molecule has 0 saturated carbocycles. The van der Waals surface area contributed by atoms with Crippen molar-refractivity contribution < 1.29 is 14.7 Å². The molecule has 0 aromatic heterocycles. The standard InChI is InChI=1S/C12H13NO3S/c1-7-2-4-8(5-3-7)10-11(14)13-9(6-17-10)12(15)16/h2-5,9-10H,6H2,1H3,(H,13,14)(H,15,16)/t9-,10?/m1/s1. The van der Waals surface area contributed by atoms with Gasteiger partial charge in [-0.1, -0.05) is 29.8 Å². The van der Waals surface area contributed by atoms with E-state index < -0.39 is 12.0 Å². The summed E-state index contributed by atoms with van der Waals surface area (Å²) in [6.07, 6.45) is 0. The fraction of sp³-hybridized carbons (Fsp3) is 0.333. The van der Waals surface area contributed by atoms with E-state index >= 15 is 0 Å². The lowest BCUT2D eigenvalue weighted by Gasteiger charge is -2.26. The Hall–Kier alpha value is -1.49. The van der Waals surface area contributed by atoms with Crippen LogP contribution in [0.3, 0.4) is 0 Å². The average molecular weight is 251 g/mol. The lowest BCUT2D eigenvalue weighted by atomic mass is 10.1. The van der Waals surface area contributed by atoms with Gasteiger partial charge >= 0.3 is 5.97 Å². The highest BCUT2D eigenvalue weighted by Gasteiger charge is 2.32. The number of carboxylic acid groups (broad SMARTS) is 1. The highest BCUT2D eigenvalue weighted by Crippen LogP contribution is 2.32. The number of carbonyl (C=O) groups excluding carboxylic acids is 1. The monoisotopic (exact) mass is 251 g/mol. The summed E-state index contributed by atoms with van der Waals surface area (Å²) in [5.74, 6) is -0.801. The fourth-order valence-corrected chi connectivity index (χ4v) is 2.86. The summed E-state index contributed by atoms with van der Waals surface area (Å²) in [4.78, 5) is 22.6. The molecule has 1 fully saturated rings. The first kappa shape index (κ1) is 12.0. The Morgan fingerprint density at radius 2 is 2.06 bits per heavy atom. The molecule has 0 spiro atoms. The van der Waals surface area contributed by atoms with E-state index in [0.29, 0.717) is 5.75 Å². The number of thioether (sulfide) groups is 1. The Labute approximate surface area is 103 Å². The van der Waals surface area contributed by atoms with Gasteiger partial charge in [0.15, 0.2) is 0 Å². The van der Waals surface area contributed by atoms with Crippen molar-refractivity contribution in [2.45, 2.75) is 18.2 Å². The molecule has 1 heterocycles. The van der Waals surface area contributed by atoms with Gasteiger partial charge in [0, 0.05) is 5.75 Å². The van der Waals surface area contributed by atoms with Crippen LogP contribution in [0.5, 0.6) is 0 Å². The molecule has 1 aliphatic heterocycles. The molecule has 5 heteroatoms. The number of aryl methyl sites for hydroxylation is 1. The summed E-state index contributed by atoms with van der Waals surface area (Å²) in [5.41, 5.74) is 2.06. The van der Waals surface area contributed by atoms with Crippen molar-refractivity contribution in [1.82, 2.24) is 5.32 Å². The second-order valence-electron chi connectivity index (χ2n) is 4.02. The molecule has 0 aliphatic carbocycles. The molecule has 1 aromatic carbocycles. The molecule has 90 valence electrons. The third-order valence-corrected chi connectivity index (χ3v) is 4.01. The van der Waals surface area contributed by atoms with Gasteiger partial charge in [0.1, 0.15) is 11.3 Å². The molecule has 0 radical (unpaired) electrons. The maximum absolute atomic E-state index is 11.8. The van der Waals surface area contributed by atoms with Crippen molar-refractivity contribution in [3.05, 3.63) is 35.4 Å². The van der Waals surface area contributed by atoms with Crippen LogP contribution in [0.1, 0.15) is 16.4 Å². The van der Waals surface area contributed by atoms with E-state index in [1.165, 1.54) is 11.8 Å². The SMILES string of the molecule is Cc1ccc(C2SC[C@H](C(=O)O)NC2=O)cc1. The van der Waals surface area contributed by atoms with Crippen LogP contribution in [0.15, 0.2) is 24.3 Å². The Morgan fingerprint density at radius 1 is 1.41 bits per heavy atom. The van der Waals surface area contributed by atoms with Crippen LogP contribution in [0.4, 0.5) is 0 Å². The molecular formula is C12H13NO3S. The van der Waals surface area contributed by atoms with Crippen molar-refractivity contribution in [1.29, 1.82) is 0 Å². The minimum atomic E-state index is -0.979. The molecule has 4 nitrogen and oxygen atoms in total. The van der Waals surface area contributed by atoms with Crippen molar-refractivity contribution in [2.75, 3.05) is 5.75 Å². The van der Waals surface area contributed by atoms with E-state index in [4.69, 9.17) is 5.11 Å². The molecule has 1 unspecified atom stereocenters. The number of benzene rings is 1. The van der Waals surface area contributed by atoms with Gasteiger partial charge in [0.25, 0.3) is 0 Å². The van der Waals surface area contributed by atoms with Crippen molar-refractivity contribution in [3.8, 4) is 0 Å². The normalized spacial score (nSPS) is 24.2. The molecule has 1 aromatic rings. The maximum Gasteiger partial charge on any atom is 0.327 e. The number of carboxylic acids is 1. The lowest BCUT2D eigenvalue weighted by molar-refractivity contribution is -0.141. The molecule has 1 amide bonds. The lowest BCUT2D eigenvalue weighted by Crippen LogP contribution is -2.47. The van der Waals surface area contributed by atoms with Gasteiger partial charge < -0.3 is 10.4 Å². The second-order valence-corrected chi connectivity index (χ2v) is 5.16. The first-order chi connectivity index (χ1) is 8.08. The quantitative estimate of drug-likeness (QED) is 0.832. The summed E-state index contributed by atoms with van der Waals surface area (Å²) in [5, 5.41) is 11.0. The van der Waals surface area contributed by atoms with Gasteiger partial charge in [-0.25, -0.2) is 4.79 Å². The predicted molar refractivity (Wildman–Crippen MR) is 65.9 cm³/mol. The zero-order valence-electron chi connectivity index (χ0n) is 9.34. The van der Waals surface area contributed by atoms with Crippen LogP contribution in [0.2, 0.25) is 0 Å². The molecule has 1 aliphatic rings. The number of hydrogen-bond acceptors (Lipinski definition) is 3. The first-order valence-electron chi connectivity index (χ1n) is 5.29. The van der Waals surface area contributed by atoms with Gasteiger partial charge in [-0.05, 0) is 12.5 Å². The minimum absolute atomic E-state index is 0.225. The third-order valence-electron chi connectivity index (χ3n) is 2.66. The van der Waals surface area contributed by atoms with Gasteiger partial charge in [0.05, 0.1) is 0 Å². The number of nitrogens with one attached hydrogen (secondary N) is 1.